The lowest BCUT2D eigenvalue weighted by molar-refractivity contribution is 0.482. The van der Waals surface area contributed by atoms with Crippen molar-refractivity contribution in [1.82, 2.24) is 0 Å². The van der Waals surface area contributed by atoms with E-state index >= 15 is 0 Å². The summed E-state index contributed by atoms with van der Waals surface area (Å²) in [5.41, 5.74) is 1.15. The van der Waals surface area contributed by atoms with Gasteiger partial charge in [0.25, 0.3) is 0 Å². The molecule has 100 valence electrons. The Hall–Kier alpha value is 0.260. The van der Waals surface area contributed by atoms with E-state index in [0.717, 1.165) is 19.8 Å². The third kappa shape index (κ3) is 3.88. The fourth-order valence-electron chi connectivity index (χ4n) is 1.41. The first-order valence-electron chi connectivity index (χ1n) is 5.18. The first-order chi connectivity index (χ1) is 9.01. The van der Waals surface area contributed by atoms with Gasteiger partial charge in [-0.25, -0.2) is 0 Å². The van der Waals surface area contributed by atoms with Gasteiger partial charge >= 0.3 is 0 Å². The van der Waals surface area contributed by atoms with Gasteiger partial charge in [-0.2, -0.15) is 0 Å². The molecule has 0 saturated carbocycles. The van der Waals surface area contributed by atoms with E-state index < -0.39 is 0 Å². The second-order valence-electron chi connectivity index (χ2n) is 3.69. The van der Waals surface area contributed by atoms with Crippen LogP contribution in [-0.2, 0) is 5.33 Å². The van der Waals surface area contributed by atoms with Crippen LogP contribution in [0.5, 0.6) is 11.5 Å². The SMILES string of the molecule is Clc1cc(Oc2ccc(CBr)c(Br)c2)c(Cl)cc1Br. The fourth-order valence-corrected chi connectivity index (χ4v) is 3.60. The normalized spacial score (nSPS) is 10.6. The van der Waals surface area contributed by atoms with Crippen molar-refractivity contribution >= 4 is 71.0 Å². The molecule has 0 aliphatic rings. The molecule has 19 heavy (non-hydrogen) atoms. The summed E-state index contributed by atoms with van der Waals surface area (Å²) < 4.78 is 7.45. The predicted molar refractivity (Wildman–Crippen MR) is 91.0 cm³/mol. The Bertz CT molecular complexity index is 617. The van der Waals surface area contributed by atoms with Crippen LogP contribution >= 0.6 is 71.0 Å². The molecule has 0 spiro atoms. The van der Waals surface area contributed by atoms with Crippen molar-refractivity contribution in [2.45, 2.75) is 5.33 Å². The van der Waals surface area contributed by atoms with E-state index in [2.05, 4.69) is 47.8 Å². The zero-order chi connectivity index (χ0) is 14.0. The van der Waals surface area contributed by atoms with Crippen LogP contribution in [0.2, 0.25) is 10.0 Å². The number of hydrogen-bond donors (Lipinski definition) is 0. The highest BCUT2D eigenvalue weighted by atomic mass is 79.9. The summed E-state index contributed by atoms with van der Waals surface area (Å²) >= 11 is 22.4. The van der Waals surface area contributed by atoms with Crippen molar-refractivity contribution < 1.29 is 4.74 Å². The zero-order valence-electron chi connectivity index (χ0n) is 9.39. The van der Waals surface area contributed by atoms with Crippen LogP contribution < -0.4 is 4.74 Å². The van der Waals surface area contributed by atoms with Crippen LogP contribution in [0.3, 0.4) is 0 Å². The Morgan fingerprint density at radius 1 is 0.947 bits per heavy atom. The smallest absolute Gasteiger partial charge is 0.147 e. The highest BCUT2D eigenvalue weighted by Crippen LogP contribution is 2.37. The quantitative estimate of drug-likeness (QED) is 0.327. The molecule has 0 atom stereocenters. The molecule has 0 heterocycles. The minimum Gasteiger partial charge on any atom is -0.456 e. The van der Waals surface area contributed by atoms with Gasteiger partial charge in [0.15, 0.2) is 0 Å². The Morgan fingerprint density at radius 2 is 1.68 bits per heavy atom. The van der Waals surface area contributed by atoms with E-state index in [1.807, 2.05) is 18.2 Å². The van der Waals surface area contributed by atoms with Crippen molar-refractivity contribution in [2.75, 3.05) is 0 Å². The average molecular weight is 490 g/mol. The molecule has 1 nitrogen and oxygen atoms in total. The van der Waals surface area contributed by atoms with E-state index in [4.69, 9.17) is 27.9 Å². The molecular formula is C13H7Br3Cl2O. The van der Waals surface area contributed by atoms with Gasteiger partial charge in [0, 0.05) is 20.3 Å². The van der Waals surface area contributed by atoms with Gasteiger partial charge in [-0.3, -0.25) is 0 Å². The molecule has 0 saturated heterocycles. The van der Waals surface area contributed by atoms with Gasteiger partial charge < -0.3 is 4.74 Å². The third-order valence-electron chi connectivity index (χ3n) is 2.37. The molecule has 0 unspecified atom stereocenters. The molecule has 0 aliphatic heterocycles. The van der Waals surface area contributed by atoms with Crippen LogP contribution in [-0.4, -0.2) is 0 Å². The van der Waals surface area contributed by atoms with Crippen molar-refractivity contribution in [3.63, 3.8) is 0 Å². The van der Waals surface area contributed by atoms with Crippen LogP contribution in [0, 0.1) is 0 Å². The Kier molecular flexibility index (Phi) is 5.61. The Morgan fingerprint density at radius 3 is 2.32 bits per heavy atom. The summed E-state index contributed by atoms with van der Waals surface area (Å²) in [4.78, 5) is 0. The van der Waals surface area contributed by atoms with Gasteiger partial charge in [-0.05, 0) is 39.7 Å². The second kappa shape index (κ2) is 6.81. The minimum atomic E-state index is 0.497. The van der Waals surface area contributed by atoms with Gasteiger partial charge in [0.1, 0.15) is 11.5 Å². The topological polar surface area (TPSA) is 9.23 Å². The molecule has 0 N–H and O–H groups in total. The van der Waals surface area contributed by atoms with Gasteiger partial charge in [0.2, 0.25) is 0 Å². The first-order valence-corrected chi connectivity index (χ1v) is 8.64. The lowest BCUT2D eigenvalue weighted by atomic mass is 10.2. The number of hydrogen-bond acceptors (Lipinski definition) is 1. The molecule has 2 rings (SSSR count). The monoisotopic (exact) mass is 486 g/mol. The molecule has 0 aromatic heterocycles. The molecular weight excluding hydrogens is 483 g/mol. The summed E-state index contributed by atoms with van der Waals surface area (Å²) in [6, 6.07) is 9.14. The molecule has 6 heteroatoms. The van der Waals surface area contributed by atoms with Crippen LogP contribution in [0.4, 0.5) is 0 Å². The van der Waals surface area contributed by atoms with Crippen molar-refractivity contribution in [1.29, 1.82) is 0 Å². The maximum Gasteiger partial charge on any atom is 0.147 e. The molecule has 0 bridgehead atoms. The lowest BCUT2D eigenvalue weighted by Crippen LogP contribution is -1.88. The molecule has 0 amide bonds. The van der Waals surface area contributed by atoms with Crippen molar-refractivity contribution in [2.24, 2.45) is 0 Å². The molecule has 0 radical (unpaired) electrons. The van der Waals surface area contributed by atoms with Crippen LogP contribution in [0.1, 0.15) is 5.56 Å². The molecule has 2 aromatic rings. The third-order valence-corrected chi connectivity index (χ3v) is 5.21. The Balaban J connectivity index is 2.31. The summed E-state index contributed by atoms with van der Waals surface area (Å²) in [7, 11) is 0. The zero-order valence-corrected chi connectivity index (χ0v) is 15.7. The second-order valence-corrected chi connectivity index (χ2v) is 6.77. The summed E-state index contributed by atoms with van der Waals surface area (Å²) in [6.45, 7) is 0. The van der Waals surface area contributed by atoms with Gasteiger partial charge in [-0.1, -0.05) is 61.1 Å². The summed E-state index contributed by atoms with van der Waals surface area (Å²) in [5.74, 6) is 1.21. The number of ether oxygens (including phenoxy) is 1. The first kappa shape index (κ1) is 15.6. The van der Waals surface area contributed by atoms with E-state index in [-0.39, 0.29) is 0 Å². The largest absolute Gasteiger partial charge is 0.456 e. The van der Waals surface area contributed by atoms with E-state index in [9.17, 15) is 0 Å². The van der Waals surface area contributed by atoms with E-state index in [1.54, 1.807) is 12.1 Å². The van der Waals surface area contributed by atoms with Crippen LogP contribution in [0.25, 0.3) is 0 Å². The number of alkyl halides is 1. The van der Waals surface area contributed by atoms with Gasteiger partial charge in [-0.15, -0.1) is 0 Å². The number of rotatable bonds is 3. The van der Waals surface area contributed by atoms with Crippen molar-refractivity contribution in [3.8, 4) is 11.5 Å². The standard InChI is InChI=1S/C13H7Br3Cl2O/c14-6-7-1-2-8(3-9(7)15)19-13-5-11(17)10(16)4-12(13)18/h1-5H,6H2. The molecule has 0 fully saturated rings. The lowest BCUT2D eigenvalue weighted by Gasteiger charge is -2.10. The van der Waals surface area contributed by atoms with Gasteiger partial charge in [0.05, 0.1) is 10.0 Å². The average Bonchev–Trinajstić information content (AvgIpc) is 2.36. The molecule has 0 aliphatic carbocycles. The Labute approximate surface area is 146 Å². The van der Waals surface area contributed by atoms with Crippen LogP contribution in [0.15, 0.2) is 39.3 Å². The maximum atomic E-state index is 6.12. The summed E-state index contributed by atoms with van der Waals surface area (Å²) in [5, 5.41) is 1.83. The predicted octanol–water partition coefficient (Wildman–Crippen LogP) is 7.21. The number of benzene rings is 2. The fraction of sp³-hybridized carbons (Fsp3) is 0.0769. The minimum absolute atomic E-state index is 0.497. The highest BCUT2D eigenvalue weighted by molar-refractivity contribution is 9.11. The number of halogens is 5. The van der Waals surface area contributed by atoms with E-state index in [0.29, 0.717) is 21.5 Å². The maximum absolute atomic E-state index is 6.12. The van der Waals surface area contributed by atoms with E-state index in [1.165, 1.54) is 0 Å². The highest BCUT2D eigenvalue weighted by Gasteiger charge is 2.09. The summed E-state index contributed by atoms with van der Waals surface area (Å²) in [6.07, 6.45) is 0. The molecule has 2 aromatic carbocycles. The van der Waals surface area contributed by atoms with Crippen molar-refractivity contribution in [3.05, 3.63) is 54.9 Å².